The summed E-state index contributed by atoms with van der Waals surface area (Å²) in [4.78, 5) is 27.7. The van der Waals surface area contributed by atoms with Crippen LogP contribution in [0.25, 0.3) is 33.9 Å². The maximum atomic E-state index is 12.7. The molecule has 5 rings (SSSR count). The number of nitrogens with two attached hydrogens (primary N) is 1. The van der Waals surface area contributed by atoms with Gasteiger partial charge in [-0.3, -0.25) is 14.9 Å². The number of hydrogen-bond acceptors (Lipinski definition) is 10. The molecule has 180 valence electrons. The van der Waals surface area contributed by atoms with Gasteiger partial charge in [0.2, 0.25) is 0 Å². The van der Waals surface area contributed by atoms with Gasteiger partial charge >= 0.3 is 0 Å². The van der Waals surface area contributed by atoms with E-state index in [0.29, 0.717) is 39.5 Å². The Morgan fingerprint density at radius 2 is 2.06 bits per heavy atom. The predicted octanol–water partition coefficient (Wildman–Crippen LogP) is 3.30. The Labute approximate surface area is 202 Å². The van der Waals surface area contributed by atoms with E-state index in [2.05, 4.69) is 30.5 Å². The molecule has 0 spiro atoms. The second-order valence-electron chi connectivity index (χ2n) is 7.76. The van der Waals surface area contributed by atoms with Gasteiger partial charge in [0, 0.05) is 17.2 Å². The smallest absolute Gasteiger partial charge is 0.272 e. The van der Waals surface area contributed by atoms with Gasteiger partial charge in [0.1, 0.15) is 18.1 Å². The van der Waals surface area contributed by atoms with Crippen molar-refractivity contribution < 1.29 is 18.8 Å². The van der Waals surface area contributed by atoms with E-state index >= 15 is 0 Å². The van der Waals surface area contributed by atoms with Crippen molar-refractivity contribution in [2.45, 2.75) is 13.5 Å². The van der Waals surface area contributed by atoms with Gasteiger partial charge in [0.05, 0.1) is 22.2 Å². The molecule has 2 aromatic carbocycles. The van der Waals surface area contributed by atoms with E-state index in [1.807, 2.05) is 18.2 Å². The molecule has 0 saturated heterocycles. The quantitative estimate of drug-likeness (QED) is 0.198. The normalized spacial score (nSPS) is 11.4. The van der Waals surface area contributed by atoms with Crippen LogP contribution in [0, 0.1) is 17.0 Å². The third-order valence-electron chi connectivity index (χ3n) is 5.37. The van der Waals surface area contributed by atoms with Crippen molar-refractivity contribution in [2.24, 2.45) is 5.10 Å². The number of nitrogen functional groups attached to an aromatic ring is 1. The van der Waals surface area contributed by atoms with Gasteiger partial charge in [-0.15, -0.1) is 0 Å². The van der Waals surface area contributed by atoms with Crippen LogP contribution in [0.1, 0.15) is 11.3 Å². The van der Waals surface area contributed by atoms with E-state index < -0.39 is 10.8 Å². The summed E-state index contributed by atoms with van der Waals surface area (Å²) in [5.41, 5.74) is 11.1. The van der Waals surface area contributed by atoms with Gasteiger partial charge < -0.3 is 14.7 Å². The average molecular weight is 486 g/mol. The van der Waals surface area contributed by atoms with E-state index in [4.69, 9.17) is 10.2 Å². The van der Waals surface area contributed by atoms with Crippen molar-refractivity contribution in [1.29, 1.82) is 0 Å². The minimum absolute atomic E-state index is 0.0335. The van der Waals surface area contributed by atoms with Crippen molar-refractivity contribution in [3.8, 4) is 22.8 Å². The zero-order chi connectivity index (χ0) is 25.2. The lowest BCUT2D eigenvalue weighted by molar-refractivity contribution is -0.385. The number of nitrogens with zero attached hydrogens (tertiary/aromatic N) is 6. The van der Waals surface area contributed by atoms with E-state index in [1.54, 1.807) is 41.8 Å². The second kappa shape index (κ2) is 9.13. The summed E-state index contributed by atoms with van der Waals surface area (Å²) in [6.45, 7) is 1.54. The number of carbonyl (C=O) groups excluding carboxylic acids is 1. The van der Waals surface area contributed by atoms with Crippen LogP contribution in [0.2, 0.25) is 0 Å². The van der Waals surface area contributed by atoms with Gasteiger partial charge in [-0.1, -0.05) is 12.1 Å². The van der Waals surface area contributed by atoms with E-state index in [0.717, 1.165) is 0 Å². The zero-order valence-corrected chi connectivity index (χ0v) is 18.8. The summed E-state index contributed by atoms with van der Waals surface area (Å²) in [5, 5.41) is 22.4. The number of amides is 1. The molecule has 0 aliphatic rings. The van der Waals surface area contributed by atoms with Gasteiger partial charge in [-0.05, 0) is 53.6 Å². The minimum atomic E-state index is -0.435. The Kier molecular flexibility index (Phi) is 5.70. The highest BCUT2D eigenvalue weighted by atomic mass is 16.6. The van der Waals surface area contributed by atoms with Gasteiger partial charge in [-0.2, -0.15) is 5.10 Å². The average Bonchev–Trinajstić information content (AvgIpc) is 3.58. The van der Waals surface area contributed by atoms with Gasteiger partial charge in [-0.25, -0.2) is 15.0 Å². The number of fused-ring (bicyclic) bond motifs is 1. The summed E-state index contributed by atoms with van der Waals surface area (Å²) in [7, 11) is 0. The highest BCUT2D eigenvalue weighted by Gasteiger charge is 2.20. The SMILES string of the molecule is Cc1cc(-c2ccc(C=NNC(=O)Cn3c(-c4nonc4N)nc4ccccc43)o2)ccc1[N+](=O)[O-]. The maximum absolute atomic E-state index is 12.7. The lowest BCUT2D eigenvalue weighted by atomic mass is 10.1. The van der Waals surface area contributed by atoms with E-state index in [-0.39, 0.29) is 23.7 Å². The number of rotatable bonds is 7. The first-order chi connectivity index (χ1) is 17.4. The number of benzene rings is 2. The number of aromatic nitrogens is 4. The molecule has 36 heavy (non-hydrogen) atoms. The van der Waals surface area contributed by atoms with Crippen LogP contribution < -0.4 is 11.2 Å². The zero-order valence-electron chi connectivity index (χ0n) is 18.8. The van der Waals surface area contributed by atoms with Crippen molar-refractivity contribution in [1.82, 2.24) is 25.3 Å². The van der Waals surface area contributed by atoms with Crippen LogP contribution in [0.15, 0.2) is 68.7 Å². The molecule has 0 fully saturated rings. The second-order valence-corrected chi connectivity index (χ2v) is 7.76. The predicted molar refractivity (Wildman–Crippen MR) is 129 cm³/mol. The summed E-state index contributed by atoms with van der Waals surface area (Å²) in [5.74, 6) is 0.860. The van der Waals surface area contributed by atoms with Crippen molar-refractivity contribution in [3.63, 3.8) is 0 Å². The van der Waals surface area contributed by atoms with Crippen LogP contribution in [-0.2, 0) is 11.3 Å². The monoisotopic (exact) mass is 486 g/mol. The molecule has 0 saturated carbocycles. The molecule has 5 aromatic rings. The number of imidazole rings is 1. The lowest BCUT2D eigenvalue weighted by Crippen LogP contribution is -2.23. The number of hydrogen-bond donors (Lipinski definition) is 2. The highest BCUT2D eigenvalue weighted by molar-refractivity contribution is 5.86. The standard InChI is InChI=1S/C23H18N8O5/c1-13-10-14(6-8-17(13)31(33)34)19-9-7-15(35-19)11-25-27-20(32)12-30-18-5-3-2-4-16(18)26-23(30)21-22(24)29-36-28-21/h2-11H,12H2,1H3,(H2,24,29)(H,27,32). The molecular weight excluding hydrogens is 468 g/mol. The first-order valence-electron chi connectivity index (χ1n) is 10.6. The summed E-state index contributed by atoms with van der Waals surface area (Å²) >= 11 is 0. The number of nitrogens with one attached hydrogen (secondary N) is 1. The van der Waals surface area contributed by atoms with Crippen LogP contribution >= 0.6 is 0 Å². The molecular formula is C23H18N8O5. The molecule has 0 bridgehead atoms. The number of nitro benzene ring substituents is 1. The Balaban J connectivity index is 1.30. The molecule has 0 aliphatic heterocycles. The third kappa shape index (κ3) is 4.27. The number of anilines is 1. The number of furan rings is 1. The van der Waals surface area contributed by atoms with Crippen LogP contribution in [-0.4, -0.2) is 36.9 Å². The molecule has 0 radical (unpaired) electrons. The summed E-state index contributed by atoms with van der Waals surface area (Å²) in [6, 6.07) is 15.4. The van der Waals surface area contributed by atoms with E-state index in [9.17, 15) is 14.9 Å². The fourth-order valence-electron chi connectivity index (χ4n) is 3.70. The molecule has 3 N–H and O–H groups in total. The molecule has 13 heteroatoms. The van der Waals surface area contributed by atoms with Gasteiger partial charge in [0.25, 0.3) is 11.6 Å². The molecule has 0 atom stereocenters. The number of aryl methyl sites for hydroxylation is 1. The van der Waals surface area contributed by atoms with E-state index in [1.165, 1.54) is 12.3 Å². The lowest BCUT2D eigenvalue weighted by Gasteiger charge is -2.06. The molecule has 0 aliphatic carbocycles. The number of carbonyl (C=O) groups is 1. The van der Waals surface area contributed by atoms with Crippen molar-refractivity contribution in [2.75, 3.05) is 5.73 Å². The van der Waals surface area contributed by atoms with Crippen LogP contribution in [0.5, 0.6) is 0 Å². The fraction of sp³-hybridized carbons (Fsp3) is 0.0870. The number of para-hydroxylation sites is 2. The largest absolute Gasteiger partial charge is 0.455 e. The Morgan fingerprint density at radius 3 is 2.81 bits per heavy atom. The Morgan fingerprint density at radius 1 is 1.22 bits per heavy atom. The fourth-order valence-corrected chi connectivity index (χ4v) is 3.70. The van der Waals surface area contributed by atoms with Gasteiger partial charge in [0.15, 0.2) is 17.3 Å². The molecule has 1 amide bonds. The Hall–Kier alpha value is -5.33. The maximum Gasteiger partial charge on any atom is 0.272 e. The number of nitro groups is 1. The van der Waals surface area contributed by atoms with Crippen LogP contribution in [0.4, 0.5) is 11.5 Å². The molecule has 0 unspecified atom stereocenters. The van der Waals surface area contributed by atoms with Crippen molar-refractivity contribution >= 4 is 34.7 Å². The third-order valence-corrected chi connectivity index (χ3v) is 5.37. The highest BCUT2D eigenvalue weighted by Crippen LogP contribution is 2.28. The Bertz CT molecular complexity index is 1630. The topological polar surface area (TPSA) is 180 Å². The molecule has 3 heterocycles. The number of hydrazone groups is 1. The van der Waals surface area contributed by atoms with Crippen LogP contribution in [0.3, 0.4) is 0 Å². The first-order valence-corrected chi connectivity index (χ1v) is 10.6. The molecule has 3 aromatic heterocycles. The first kappa shape index (κ1) is 22.5. The minimum Gasteiger partial charge on any atom is -0.455 e. The molecule has 13 nitrogen and oxygen atoms in total. The summed E-state index contributed by atoms with van der Waals surface area (Å²) in [6.07, 6.45) is 1.35. The van der Waals surface area contributed by atoms with Crippen molar-refractivity contribution in [3.05, 3.63) is 76.0 Å². The summed E-state index contributed by atoms with van der Waals surface area (Å²) < 4.78 is 12.0.